The number of nitrogens with zero attached hydrogens (tertiary/aromatic N) is 1. The molecule has 25 heavy (non-hydrogen) atoms. The van der Waals surface area contributed by atoms with E-state index in [-0.39, 0.29) is 0 Å². The van der Waals surface area contributed by atoms with Crippen molar-refractivity contribution in [3.63, 3.8) is 0 Å². The van der Waals surface area contributed by atoms with Gasteiger partial charge in [0.05, 0.1) is 10.2 Å². The third kappa shape index (κ3) is 2.43. The number of fused-ring (bicyclic) bond motifs is 2. The molecular weight excluding hydrogens is 322 g/mol. The summed E-state index contributed by atoms with van der Waals surface area (Å²) in [5.74, 6) is 0. The summed E-state index contributed by atoms with van der Waals surface area (Å²) in [5.41, 5.74) is 4.75. The average molecular weight is 337 g/mol. The first-order chi connectivity index (χ1) is 12.4. The maximum atomic E-state index is 4.87. The number of thiazole rings is 1. The Labute approximate surface area is 150 Å². The third-order valence-electron chi connectivity index (χ3n) is 4.53. The first kappa shape index (κ1) is 14.4. The smallest absolute Gasteiger partial charge is 0.125 e. The minimum absolute atomic E-state index is 1.07. The fraction of sp³-hybridized carbons (Fsp3) is 0. The van der Waals surface area contributed by atoms with Gasteiger partial charge in [-0.3, -0.25) is 0 Å². The van der Waals surface area contributed by atoms with Gasteiger partial charge in [-0.1, -0.05) is 78.9 Å². The van der Waals surface area contributed by atoms with Gasteiger partial charge in [-0.2, -0.15) is 0 Å². The van der Waals surface area contributed by atoms with Crippen molar-refractivity contribution in [2.45, 2.75) is 0 Å². The van der Waals surface area contributed by atoms with Crippen LogP contribution in [0.3, 0.4) is 0 Å². The second-order valence-electron chi connectivity index (χ2n) is 6.06. The highest BCUT2D eigenvalue weighted by molar-refractivity contribution is 7.21. The Morgan fingerprint density at radius 3 is 2.16 bits per heavy atom. The lowest BCUT2D eigenvalue weighted by Gasteiger charge is -2.10. The van der Waals surface area contributed by atoms with Gasteiger partial charge in [0, 0.05) is 5.56 Å². The van der Waals surface area contributed by atoms with E-state index in [1.807, 2.05) is 6.07 Å². The van der Waals surface area contributed by atoms with Crippen molar-refractivity contribution in [2.24, 2.45) is 0 Å². The molecule has 0 N–H and O–H groups in total. The van der Waals surface area contributed by atoms with Crippen molar-refractivity contribution in [3.05, 3.63) is 91.0 Å². The minimum atomic E-state index is 1.07. The number of rotatable bonds is 2. The molecule has 0 radical (unpaired) electrons. The molecule has 0 aliphatic heterocycles. The van der Waals surface area contributed by atoms with E-state index in [0.29, 0.717) is 0 Å². The Balaban J connectivity index is 1.78. The maximum Gasteiger partial charge on any atom is 0.125 e. The van der Waals surface area contributed by atoms with Crippen LogP contribution in [0.25, 0.3) is 42.7 Å². The van der Waals surface area contributed by atoms with Gasteiger partial charge < -0.3 is 0 Å². The fourth-order valence-corrected chi connectivity index (χ4v) is 4.36. The SMILES string of the molecule is c1ccc(-c2cccc3ccccc23)c(-c2nc3ccccc3s2)c1. The van der Waals surface area contributed by atoms with Crippen molar-refractivity contribution in [3.8, 4) is 21.7 Å². The molecule has 0 saturated carbocycles. The zero-order chi connectivity index (χ0) is 16.6. The van der Waals surface area contributed by atoms with E-state index in [0.717, 1.165) is 10.5 Å². The molecule has 0 atom stereocenters. The third-order valence-corrected chi connectivity index (χ3v) is 5.60. The van der Waals surface area contributed by atoms with Crippen molar-refractivity contribution in [2.75, 3.05) is 0 Å². The van der Waals surface area contributed by atoms with Gasteiger partial charge >= 0.3 is 0 Å². The molecular formula is C23H15NS. The van der Waals surface area contributed by atoms with E-state index in [1.54, 1.807) is 11.3 Å². The van der Waals surface area contributed by atoms with Crippen molar-refractivity contribution >= 4 is 32.3 Å². The monoisotopic (exact) mass is 337 g/mol. The van der Waals surface area contributed by atoms with E-state index in [4.69, 9.17) is 4.98 Å². The first-order valence-corrected chi connectivity index (χ1v) is 9.15. The van der Waals surface area contributed by atoms with Crippen LogP contribution >= 0.6 is 11.3 Å². The molecule has 1 heterocycles. The molecule has 0 spiro atoms. The molecule has 0 unspecified atom stereocenters. The Kier molecular flexibility index (Phi) is 3.36. The molecule has 0 bridgehead atoms. The van der Waals surface area contributed by atoms with Gasteiger partial charge in [0.15, 0.2) is 0 Å². The highest BCUT2D eigenvalue weighted by Gasteiger charge is 2.13. The zero-order valence-corrected chi connectivity index (χ0v) is 14.3. The predicted molar refractivity (Wildman–Crippen MR) is 108 cm³/mol. The Bertz CT molecular complexity index is 1160. The van der Waals surface area contributed by atoms with Crippen LogP contribution in [0.5, 0.6) is 0 Å². The van der Waals surface area contributed by atoms with E-state index < -0.39 is 0 Å². The largest absolute Gasteiger partial charge is 0.236 e. The molecule has 0 saturated heterocycles. The highest BCUT2D eigenvalue weighted by Crippen LogP contribution is 2.38. The fourth-order valence-electron chi connectivity index (χ4n) is 3.35. The van der Waals surface area contributed by atoms with E-state index in [1.165, 1.54) is 32.2 Å². The van der Waals surface area contributed by atoms with Gasteiger partial charge in [-0.15, -0.1) is 11.3 Å². The Morgan fingerprint density at radius 1 is 0.560 bits per heavy atom. The summed E-state index contributed by atoms with van der Waals surface area (Å²) in [6.45, 7) is 0. The quantitative estimate of drug-likeness (QED) is 0.346. The predicted octanol–water partition coefficient (Wildman–Crippen LogP) is 6.78. The van der Waals surface area contributed by atoms with Gasteiger partial charge in [0.1, 0.15) is 5.01 Å². The lowest BCUT2D eigenvalue weighted by Crippen LogP contribution is -1.86. The summed E-state index contributed by atoms with van der Waals surface area (Å²) in [5, 5.41) is 3.61. The summed E-state index contributed by atoms with van der Waals surface area (Å²) < 4.78 is 1.23. The molecule has 1 nitrogen and oxygen atoms in total. The number of aromatic nitrogens is 1. The van der Waals surface area contributed by atoms with Crippen LogP contribution in [-0.4, -0.2) is 4.98 Å². The number of para-hydroxylation sites is 1. The van der Waals surface area contributed by atoms with Gasteiger partial charge in [0.25, 0.3) is 0 Å². The van der Waals surface area contributed by atoms with Crippen LogP contribution in [0.4, 0.5) is 0 Å². The normalized spacial score (nSPS) is 11.2. The summed E-state index contributed by atoms with van der Waals surface area (Å²) in [4.78, 5) is 4.87. The molecule has 2 heteroatoms. The molecule has 118 valence electrons. The maximum absolute atomic E-state index is 4.87. The average Bonchev–Trinajstić information content (AvgIpc) is 3.12. The molecule has 5 rings (SSSR count). The second-order valence-corrected chi connectivity index (χ2v) is 7.09. The summed E-state index contributed by atoms with van der Waals surface area (Å²) in [7, 11) is 0. The summed E-state index contributed by atoms with van der Waals surface area (Å²) in [6.07, 6.45) is 0. The summed E-state index contributed by atoms with van der Waals surface area (Å²) >= 11 is 1.75. The highest BCUT2D eigenvalue weighted by atomic mass is 32.1. The first-order valence-electron chi connectivity index (χ1n) is 8.33. The van der Waals surface area contributed by atoms with Crippen LogP contribution in [0.15, 0.2) is 91.0 Å². The van der Waals surface area contributed by atoms with Gasteiger partial charge in [-0.05, 0) is 34.0 Å². The van der Waals surface area contributed by atoms with E-state index in [9.17, 15) is 0 Å². The molecule has 0 aliphatic rings. The number of benzene rings is 4. The molecule has 0 fully saturated rings. The Morgan fingerprint density at radius 2 is 1.24 bits per heavy atom. The number of hydrogen-bond acceptors (Lipinski definition) is 2. The molecule has 0 amide bonds. The van der Waals surface area contributed by atoms with Gasteiger partial charge in [0.2, 0.25) is 0 Å². The summed E-state index contributed by atoms with van der Waals surface area (Å²) in [6, 6.07) is 32.0. The van der Waals surface area contributed by atoms with E-state index in [2.05, 4.69) is 84.9 Å². The van der Waals surface area contributed by atoms with Crippen molar-refractivity contribution in [1.29, 1.82) is 0 Å². The van der Waals surface area contributed by atoms with Crippen LogP contribution in [-0.2, 0) is 0 Å². The molecule has 4 aromatic carbocycles. The van der Waals surface area contributed by atoms with Crippen LogP contribution in [0, 0.1) is 0 Å². The zero-order valence-electron chi connectivity index (χ0n) is 13.5. The van der Waals surface area contributed by atoms with Crippen molar-refractivity contribution in [1.82, 2.24) is 4.98 Å². The lowest BCUT2D eigenvalue weighted by atomic mass is 9.95. The second kappa shape index (κ2) is 5.83. The molecule has 5 aromatic rings. The topological polar surface area (TPSA) is 12.9 Å². The van der Waals surface area contributed by atoms with Crippen LogP contribution in [0.1, 0.15) is 0 Å². The lowest BCUT2D eigenvalue weighted by molar-refractivity contribution is 1.47. The molecule has 1 aromatic heterocycles. The van der Waals surface area contributed by atoms with Crippen molar-refractivity contribution < 1.29 is 0 Å². The Hall–Kier alpha value is -2.97. The van der Waals surface area contributed by atoms with Gasteiger partial charge in [-0.25, -0.2) is 4.98 Å². The standard InChI is InChI=1S/C23H15NS/c1-2-10-17-16(8-1)9-7-13-18(17)19-11-3-4-12-20(19)23-24-21-14-5-6-15-22(21)25-23/h1-15H. The van der Waals surface area contributed by atoms with Crippen LogP contribution < -0.4 is 0 Å². The minimum Gasteiger partial charge on any atom is -0.236 e. The van der Waals surface area contributed by atoms with E-state index >= 15 is 0 Å². The van der Waals surface area contributed by atoms with Crippen LogP contribution in [0.2, 0.25) is 0 Å². The number of hydrogen-bond donors (Lipinski definition) is 0. The molecule has 0 aliphatic carbocycles.